The third kappa shape index (κ3) is 6.08. The van der Waals surface area contributed by atoms with Crippen LogP contribution in [0.5, 0.6) is 5.75 Å². The van der Waals surface area contributed by atoms with E-state index in [1.807, 2.05) is 32.0 Å². The molecule has 0 radical (unpaired) electrons. The van der Waals surface area contributed by atoms with Crippen molar-refractivity contribution in [1.29, 1.82) is 0 Å². The van der Waals surface area contributed by atoms with Crippen LogP contribution in [0.25, 0.3) is 11.1 Å². The van der Waals surface area contributed by atoms with Gasteiger partial charge < -0.3 is 14.5 Å². The average molecular weight is 515 g/mol. The van der Waals surface area contributed by atoms with Crippen LogP contribution in [0.15, 0.2) is 47.3 Å². The van der Waals surface area contributed by atoms with Gasteiger partial charge in [-0.1, -0.05) is 24.3 Å². The van der Waals surface area contributed by atoms with E-state index in [2.05, 4.69) is 41.1 Å². The number of hydrogen-bond acceptors (Lipinski definition) is 5. The molecule has 3 heterocycles. The summed E-state index contributed by atoms with van der Waals surface area (Å²) < 4.78 is 11.9. The first-order valence-corrected chi connectivity index (χ1v) is 13.8. The number of carbonyl (C=O) groups excluding carboxylic acids is 1. The maximum absolute atomic E-state index is 13.4. The van der Waals surface area contributed by atoms with Gasteiger partial charge >= 0.3 is 0 Å². The molecule has 6 heteroatoms. The number of rotatable bonds is 7. The lowest BCUT2D eigenvalue weighted by Gasteiger charge is -2.26. The highest BCUT2D eigenvalue weighted by atomic mass is 16.5. The molecule has 2 aromatic carbocycles. The zero-order chi connectivity index (χ0) is 26.6. The van der Waals surface area contributed by atoms with Gasteiger partial charge in [-0.2, -0.15) is 0 Å². The van der Waals surface area contributed by atoms with Gasteiger partial charge in [0.2, 0.25) is 0 Å². The van der Waals surface area contributed by atoms with Crippen LogP contribution in [-0.4, -0.2) is 48.1 Å². The van der Waals surface area contributed by atoms with Gasteiger partial charge in [0.25, 0.3) is 5.56 Å². The van der Waals surface area contributed by atoms with E-state index in [-0.39, 0.29) is 17.4 Å². The van der Waals surface area contributed by atoms with Crippen molar-refractivity contribution in [1.82, 2.24) is 9.88 Å². The summed E-state index contributed by atoms with van der Waals surface area (Å²) in [6.07, 6.45) is 3.76. The lowest BCUT2D eigenvalue weighted by atomic mass is 9.92. The molecule has 200 valence electrons. The number of fused-ring (bicyclic) bond motifs is 1. The summed E-state index contributed by atoms with van der Waals surface area (Å²) in [5.74, 6) is 0.952. The molecule has 2 aliphatic heterocycles. The van der Waals surface area contributed by atoms with Crippen molar-refractivity contribution in [3.63, 3.8) is 0 Å². The molecule has 6 nitrogen and oxygen atoms in total. The summed E-state index contributed by atoms with van der Waals surface area (Å²) >= 11 is 0. The number of nitrogens with zero attached hydrogens (tertiary/aromatic N) is 1. The molecular weight excluding hydrogens is 476 g/mol. The van der Waals surface area contributed by atoms with Crippen LogP contribution in [0.4, 0.5) is 0 Å². The van der Waals surface area contributed by atoms with Crippen LogP contribution in [0.1, 0.15) is 64.5 Å². The molecule has 0 saturated carbocycles. The third-order valence-corrected chi connectivity index (χ3v) is 7.73. The number of aromatic nitrogens is 1. The van der Waals surface area contributed by atoms with Gasteiger partial charge in [0.15, 0.2) is 5.78 Å². The molecule has 1 unspecified atom stereocenters. The number of H-pyrrole nitrogens is 1. The largest absolute Gasteiger partial charge is 0.490 e. The molecule has 0 bridgehead atoms. The van der Waals surface area contributed by atoms with Crippen LogP contribution >= 0.6 is 0 Å². The molecule has 1 atom stereocenters. The molecule has 1 saturated heterocycles. The number of aryl methyl sites for hydroxylation is 3. The molecule has 3 aromatic rings. The van der Waals surface area contributed by atoms with E-state index in [1.54, 1.807) is 0 Å². The van der Waals surface area contributed by atoms with Gasteiger partial charge in [-0.05, 0) is 86.9 Å². The highest BCUT2D eigenvalue weighted by Crippen LogP contribution is 2.39. The van der Waals surface area contributed by atoms with E-state index in [0.717, 1.165) is 85.8 Å². The maximum Gasteiger partial charge on any atom is 0.251 e. The zero-order valence-corrected chi connectivity index (χ0v) is 22.8. The van der Waals surface area contributed by atoms with Crippen LogP contribution in [0, 0.1) is 13.8 Å². The molecule has 1 aromatic heterocycles. The average Bonchev–Trinajstić information content (AvgIpc) is 3.09. The fourth-order valence-electron chi connectivity index (χ4n) is 5.61. The third-order valence-electron chi connectivity index (χ3n) is 7.73. The van der Waals surface area contributed by atoms with Crippen molar-refractivity contribution < 1.29 is 14.3 Å². The quantitative estimate of drug-likeness (QED) is 0.427. The van der Waals surface area contributed by atoms with Crippen LogP contribution in [0.2, 0.25) is 0 Å². The molecule has 0 aliphatic carbocycles. The Morgan fingerprint density at radius 2 is 1.84 bits per heavy atom. The molecular formula is C32H38N2O4. The number of morpholine rings is 1. The second-order valence-electron chi connectivity index (χ2n) is 10.8. The van der Waals surface area contributed by atoms with Crippen molar-refractivity contribution in [2.75, 3.05) is 26.3 Å². The normalized spacial score (nSPS) is 17.9. The summed E-state index contributed by atoms with van der Waals surface area (Å²) in [6.45, 7) is 10.3. The van der Waals surface area contributed by atoms with Crippen molar-refractivity contribution in [2.45, 2.75) is 65.5 Å². The molecule has 38 heavy (non-hydrogen) atoms. The highest BCUT2D eigenvalue weighted by Gasteiger charge is 2.22. The molecule has 1 fully saturated rings. The zero-order valence-electron chi connectivity index (χ0n) is 22.8. The van der Waals surface area contributed by atoms with Crippen molar-refractivity contribution in [3.05, 3.63) is 86.3 Å². The fraction of sp³-hybridized carbons (Fsp3) is 0.438. The summed E-state index contributed by atoms with van der Waals surface area (Å²) in [5.41, 5.74) is 7.44. The second kappa shape index (κ2) is 11.7. The van der Waals surface area contributed by atoms with E-state index >= 15 is 0 Å². The monoisotopic (exact) mass is 514 g/mol. The van der Waals surface area contributed by atoms with Gasteiger partial charge in [0, 0.05) is 48.4 Å². The van der Waals surface area contributed by atoms with E-state index in [1.165, 1.54) is 5.56 Å². The number of aromatic amines is 1. The number of hydrogen-bond donors (Lipinski definition) is 1. The Bertz CT molecular complexity index is 1350. The molecule has 2 aliphatic rings. The van der Waals surface area contributed by atoms with E-state index in [4.69, 9.17) is 9.47 Å². The first kappa shape index (κ1) is 26.4. The van der Waals surface area contributed by atoms with Crippen molar-refractivity contribution in [3.8, 4) is 16.9 Å². The first-order valence-electron chi connectivity index (χ1n) is 13.8. The Kier molecular flexibility index (Phi) is 8.10. The standard InChI is InChI=1S/C32H38N2O4/c1-21-17-22(2)33-32(36)28(21)11-12-30(35)27-18-26-6-4-5-23(3)38-31(26)29(19-27)25-9-7-24(8-10-25)20-34-13-15-37-16-14-34/h7-10,17-19,23H,4-6,11-16,20H2,1-3H3,(H,33,36). The Morgan fingerprint density at radius 1 is 1.08 bits per heavy atom. The Morgan fingerprint density at radius 3 is 2.58 bits per heavy atom. The minimum atomic E-state index is -0.0996. The number of Topliss-reactive ketones (excluding diaryl/α,β-unsaturated/α-hetero) is 1. The Balaban J connectivity index is 1.42. The molecule has 0 amide bonds. The molecule has 1 N–H and O–H groups in total. The minimum Gasteiger partial charge on any atom is -0.490 e. The van der Waals surface area contributed by atoms with Gasteiger partial charge in [-0.3, -0.25) is 14.5 Å². The van der Waals surface area contributed by atoms with Gasteiger partial charge in [0.1, 0.15) is 5.75 Å². The molecule has 5 rings (SSSR count). The number of ether oxygens (including phenoxy) is 2. The lowest BCUT2D eigenvalue weighted by Crippen LogP contribution is -2.35. The highest BCUT2D eigenvalue weighted by molar-refractivity contribution is 5.98. The van der Waals surface area contributed by atoms with Crippen LogP contribution in [0.3, 0.4) is 0 Å². The fourth-order valence-corrected chi connectivity index (χ4v) is 5.61. The second-order valence-corrected chi connectivity index (χ2v) is 10.8. The van der Waals surface area contributed by atoms with E-state index in [9.17, 15) is 9.59 Å². The van der Waals surface area contributed by atoms with E-state index < -0.39 is 0 Å². The SMILES string of the molecule is Cc1cc(C)c(CCC(=O)c2cc3c(c(-c4ccc(CN5CCOCC5)cc4)c2)OC(C)CCC3)c(=O)[nH]1. The Hall–Kier alpha value is -3.22. The van der Waals surface area contributed by atoms with Crippen LogP contribution in [-0.2, 0) is 24.1 Å². The number of ketones is 1. The number of nitrogens with one attached hydrogen (secondary N) is 1. The van der Waals surface area contributed by atoms with Crippen molar-refractivity contribution >= 4 is 5.78 Å². The Labute approximate surface area is 225 Å². The summed E-state index contributed by atoms with van der Waals surface area (Å²) in [7, 11) is 0. The summed E-state index contributed by atoms with van der Waals surface area (Å²) in [5, 5.41) is 0. The van der Waals surface area contributed by atoms with Crippen molar-refractivity contribution in [2.24, 2.45) is 0 Å². The topological polar surface area (TPSA) is 71.6 Å². The maximum atomic E-state index is 13.4. The van der Waals surface area contributed by atoms with Gasteiger partial charge in [-0.15, -0.1) is 0 Å². The van der Waals surface area contributed by atoms with Crippen LogP contribution < -0.4 is 10.3 Å². The van der Waals surface area contributed by atoms with Gasteiger partial charge in [-0.25, -0.2) is 0 Å². The summed E-state index contributed by atoms with van der Waals surface area (Å²) in [4.78, 5) is 31.2. The predicted molar refractivity (Wildman–Crippen MR) is 150 cm³/mol. The number of carbonyl (C=O) groups is 1. The van der Waals surface area contributed by atoms with Gasteiger partial charge in [0.05, 0.1) is 19.3 Å². The smallest absolute Gasteiger partial charge is 0.251 e. The minimum absolute atomic E-state index is 0.0506. The van der Waals surface area contributed by atoms with E-state index in [0.29, 0.717) is 24.0 Å². The lowest BCUT2D eigenvalue weighted by molar-refractivity contribution is 0.0342. The first-order chi connectivity index (χ1) is 18.4. The number of benzene rings is 2. The summed E-state index contributed by atoms with van der Waals surface area (Å²) in [6, 6.07) is 14.6. The number of pyridine rings is 1. The predicted octanol–water partition coefficient (Wildman–Crippen LogP) is 5.41. The molecule has 0 spiro atoms.